The van der Waals surface area contributed by atoms with Crippen LogP contribution in [0.4, 0.5) is 0 Å². The van der Waals surface area contributed by atoms with E-state index in [0.717, 1.165) is 6.42 Å². The molecule has 1 rings (SSSR count). The van der Waals surface area contributed by atoms with E-state index in [-0.39, 0.29) is 0 Å². The zero-order valence-corrected chi connectivity index (χ0v) is 10.1. The first kappa shape index (κ1) is 10.4. The Bertz CT molecular complexity index is 258. The molecule has 2 heteroatoms. The SMILES string of the molecule is CCc1cc(C)[c]([Mg][Cl])c(C)c1. The maximum atomic E-state index is 5.97. The fraction of sp³-hybridized carbons (Fsp3) is 0.400. The van der Waals surface area contributed by atoms with Gasteiger partial charge in [0.2, 0.25) is 0 Å². The van der Waals surface area contributed by atoms with Crippen molar-refractivity contribution in [1.29, 1.82) is 0 Å². The molecule has 12 heavy (non-hydrogen) atoms. The molecule has 0 saturated heterocycles. The van der Waals surface area contributed by atoms with Crippen LogP contribution >= 0.6 is 9.07 Å². The van der Waals surface area contributed by atoms with Crippen molar-refractivity contribution in [2.75, 3.05) is 0 Å². The van der Waals surface area contributed by atoms with Crippen molar-refractivity contribution < 1.29 is 0 Å². The van der Waals surface area contributed by atoms with Crippen LogP contribution in [-0.2, 0) is 6.42 Å². The molecule has 0 aromatic heterocycles. The van der Waals surface area contributed by atoms with Crippen molar-refractivity contribution in [1.82, 2.24) is 0 Å². The lowest BCUT2D eigenvalue weighted by molar-refractivity contribution is 1.13. The van der Waals surface area contributed by atoms with E-state index < -0.39 is 19.3 Å². The van der Waals surface area contributed by atoms with Gasteiger partial charge in [-0.25, -0.2) is 0 Å². The smallest absolute Gasteiger partial charge is 0.336 e. The average Bonchev–Trinajstić information content (AvgIpc) is 2.03. The highest BCUT2D eigenvalue weighted by atomic mass is 35.5. The molecule has 0 radical (unpaired) electrons. The van der Waals surface area contributed by atoms with E-state index in [4.69, 9.17) is 9.07 Å². The maximum absolute atomic E-state index is 5.97. The summed E-state index contributed by atoms with van der Waals surface area (Å²) in [5.74, 6) is 0. The Labute approximate surface area is 87.8 Å². The Hall–Kier alpha value is 0.276. The van der Waals surface area contributed by atoms with Gasteiger partial charge in [-0.05, 0) is 25.8 Å². The van der Waals surface area contributed by atoms with Gasteiger partial charge in [0.15, 0.2) is 0 Å². The minimum absolute atomic E-state index is 0.518. The summed E-state index contributed by atoms with van der Waals surface area (Å²) >= 11 is -0.518. The third-order valence-corrected chi connectivity index (χ3v) is 4.48. The van der Waals surface area contributed by atoms with Crippen LogP contribution in [0.25, 0.3) is 0 Å². The van der Waals surface area contributed by atoms with Crippen molar-refractivity contribution in [2.45, 2.75) is 27.2 Å². The molecular weight excluding hydrogens is 180 g/mol. The van der Waals surface area contributed by atoms with Crippen LogP contribution in [0.3, 0.4) is 0 Å². The minimum Gasteiger partial charge on any atom is -0.336 e. The van der Waals surface area contributed by atoms with E-state index in [1.54, 1.807) is 0 Å². The molecular formula is C10H13ClMg. The van der Waals surface area contributed by atoms with Gasteiger partial charge in [0, 0.05) is 0 Å². The lowest BCUT2D eigenvalue weighted by Gasteiger charge is -2.09. The van der Waals surface area contributed by atoms with Crippen LogP contribution in [0.2, 0.25) is 0 Å². The summed E-state index contributed by atoms with van der Waals surface area (Å²) < 4.78 is 1.42. The summed E-state index contributed by atoms with van der Waals surface area (Å²) in [7, 11) is 5.97. The molecule has 0 nitrogen and oxygen atoms in total. The Morgan fingerprint density at radius 1 is 1.25 bits per heavy atom. The van der Waals surface area contributed by atoms with Gasteiger partial charge in [0.1, 0.15) is 0 Å². The highest BCUT2D eigenvalue weighted by molar-refractivity contribution is 7.01. The first-order valence-corrected chi connectivity index (χ1v) is 7.18. The third-order valence-electron chi connectivity index (χ3n) is 2.30. The molecule has 0 unspecified atom stereocenters. The van der Waals surface area contributed by atoms with E-state index in [1.807, 2.05) is 0 Å². The van der Waals surface area contributed by atoms with Crippen LogP contribution in [0.15, 0.2) is 12.1 Å². The summed E-state index contributed by atoms with van der Waals surface area (Å²) in [4.78, 5) is 0. The van der Waals surface area contributed by atoms with Crippen LogP contribution in [-0.4, -0.2) is 19.3 Å². The number of halogens is 1. The molecule has 0 N–H and O–H groups in total. The minimum atomic E-state index is -0.518. The molecule has 0 amide bonds. The molecule has 0 spiro atoms. The van der Waals surface area contributed by atoms with Crippen molar-refractivity contribution in [3.63, 3.8) is 0 Å². The van der Waals surface area contributed by atoms with E-state index >= 15 is 0 Å². The van der Waals surface area contributed by atoms with Gasteiger partial charge in [-0.15, -0.1) is 3.69 Å². The predicted octanol–water partition coefficient (Wildman–Crippen LogP) is 2.35. The molecule has 62 valence electrons. The molecule has 1 aromatic rings. The normalized spacial score (nSPS) is 9.67. The largest absolute Gasteiger partial charge is 0.539 e. The van der Waals surface area contributed by atoms with Crippen molar-refractivity contribution in [3.05, 3.63) is 28.8 Å². The predicted molar refractivity (Wildman–Crippen MR) is 56.5 cm³/mol. The lowest BCUT2D eigenvalue weighted by atomic mass is 10.1. The van der Waals surface area contributed by atoms with Gasteiger partial charge in [-0.1, -0.05) is 30.2 Å². The Morgan fingerprint density at radius 3 is 2.08 bits per heavy atom. The molecule has 0 fully saturated rings. The highest BCUT2D eigenvalue weighted by Gasteiger charge is 2.04. The molecule has 0 atom stereocenters. The maximum Gasteiger partial charge on any atom is 0.539 e. The van der Waals surface area contributed by atoms with E-state index in [9.17, 15) is 0 Å². The van der Waals surface area contributed by atoms with Gasteiger partial charge in [-0.2, -0.15) is 0 Å². The fourth-order valence-corrected chi connectivity index (χ4v) is 3.39. The van der Waals surface area contributed by atoms with Crippen LogP contribution in [0, 0.1) is 13.8 Å². The average molecular weight is 193 g/mol. The number of aryl methyl sites for hydroxylation is 3. The van der Waals surface area contributed by atoms with Gasteiger partial charge in [-0.3, -0.25) is 0 Å². The van der Waals surface area contributed by atoms with Crippen molar-refractivity contribution in [2.24, 2.45) is 0 Å². The number of rotatable bonds is 2. The molecule has 0 aliphatic rings. The summed E-state index contributed by atoms with van der Waals surface area (Å²) in [5, 5.41) is 0. The van der Waals surface area contributed by atoms with Crippen LogP contribution in [0.1, 0.15) is 23.6 Å². The summed E-state index contributed by atoms with van der Waals surface area (Å²) in [6.07, 6.45) is 1.12. The Kier molecular flexibility index (Phi) is 3.88. The standard InChI is InChI=1S/C10H13.ClH.Mg/c1-4-10-6-8(2)5-9(3)7-10;;/h6-7H,4H2,1-3H3;1H;/q;;+1/p-1. The second-order valence-corrected chi connectivity index (χ2v) is 4.97. The first-order chi connectivity index (χ1) is 5.69. The highest BCUT2D eigenvalue weighted by Crippen LogP contribution is 2.07. The molecule has 1 aromatic carbocycles. The number of hydrogen-bond donors (Lipinski definition) is 0. The topological polar surface area (TPSA) is 0 Å². The van der Waals surface area contributed by atoms with E-state index in [1.165, 1.54) is 20.4 Å². The quantitative estimate of drug-likeness (QED) is 0.632. The second-order valence-electron chi connectivity index (χ2n) is 3.20. The van der Waals surface area contributed by atoms with Gasteiger partial charge >= 0.3 is 19.3 Å². The molecule has 0 heterocycles. The number of hydrogen-bond acceptors (Lipinski definition) is 0. The summed E-state index contributed by atoms with van der Waals surface area (Å²) in [6, 6.07) is 4.52. The molecule has 0 saturated carbocycles. The summed E-state index contributed by atoms with van der Waals surface area (Å²) in [5.41, 5.74) is 4.19. The van der Waals surface area contributed by atoms with E-state index in [2.05, 4.69) is 32.9 Å². The van der Waals surface area contributed by atoms with Gasteiger partial charge in [0.25, 0.3) is 0 Å². The third kappa shape index (κ3) is 2.15. The van der Waals surface area contributed by atoms with Crippen molar-refractivity contribution in [3.8, 4) is 0 Å². The van der Waals surface area contributed by atoms with Gasteiger partial charge < -0.3 is 9.07 Å². The van der Waals surface area contributed by atoms with Crippen LogP contribution < -0.4 is 3.69 Å². The molecule has 0 bridgehead atoms. The molecule has 0 aliphatic carbocycles. The summed E-state index contributed by atoms with van der Waals surface area (Å²) in [6.45, 7) is 6.51. The Balaban J connectivity index is 3.18. The monoisotopic (exact) mass is 192 g/mol. The van der Waals surface area contributed by atoms with Gasteiger partial charge in [0.05, 0.1) is 0 Å². The van der Waals surface area contributed by atoms with Crippen molar-refractivity contribution >= 4 is 32.0 Å². The lowest BCUT2D eigenvalue weighted by Crippen LogP contribution is -2.17. The van der Waals surface area contributed by atoms with E-state index in [0.29, 0.717) is 0 Å². The Morgan fingerprint density at radius 2 is 1.75 bits per heavy atom. The first-order valence-electron chi connectivity index (χ1n) is 4.34. The zero-order chi connectivity index (χ0) is 9.14. The molecule has 0 aliphatic heterocycles. The zero-order valence-electron chi connectivity index (χ0n) is 7.95. The van der Waals surface area contributed by atoms with Crippen LogP contribution in [0.5, 0.6) is 0 Å². The fourth-order valence-electron chi connectivity index (χ4n) is 1.50. The number of benzene rings is 1. The second kappa shape index (κ2) is 4.49.